The fourth-order valence-electron chi connectivity index (χ4n) is 2.51. The molecule has 2 rings (SSSR count). The lowest BCUT2D eigenvalue weighted by molar-refractivity contribution is -0.123. The molecule has 0 saturated carbocycles. The average Bonchev–Trinajstić information content (AvgIpc) is 2.61. The summed E-state index contributed by atoms with van der Waals surface area (Å²) < 4.78 is 0. The van der Waals surface area contributed by atoms with Gasteiger partial charge in [-0.25, -0.2) is 0 Å². The van der Waals surface area contributed by atoms with E-state index >= 15 is 0 Å². The molecule has 1 aromatic carbocycles. The maximum Gasteiger partial charge on any atom is 0.237 e. The Balaban J connectivity index is 2.07. The quantitative estimate of drug-likeness (QED) is 0.890. The Morgan fingerprint density at radius 3 is 3.05 bits per heavy atom. The molecule has 19 heavy (non-hydrogen) atoms. The van der Waals surface area contributed by atoms with E-state index in [4.69, 9.17) is 11.6 Å². The molecule has 0 radical (unpaired) electrons. The van der Waals surface area contributed by atoms with Gasteiger partial charge in [-0.3, -0.25) is 10.1 Å². The highest BCUT2D eigenvalue weighted by Gasteiger charge is 2.23. The molecule has 0 aliphatic carbocycles. The van der Waals surface area contributed by atoms with Crippen molar-refractivity contribution in [2.45, 2.75) is 44.7 Å². The van der Waals surface area contributed by atoms with Crippen LogP contribution in [0.2, 0.25) is 5.02 Å². The van der Waals surface area contributed by atoms with Crippen LogP contribution in [0, 0.1) is 0 Å². The Hall–Kier alpha value is -1.06. The van der Waals surface area contributed by atoms with Gasteiger partial charge in [0.05, 0.1) is 6.04 Å². The third-order valence-corrected chi connectivity index (χ3v) is 3.83. The van der Waals surface area contributed by atoms with Crippen molar-refractivity contribution >= 4 is 17.5 Å². The second-order valence-electron chi connectivity index (χ2n) is 5.02. The first-order valence-corrected chi connectivity index (χ1v) is 7.37. The fraction of sp³-hybridized carbons (Fsp3) is 0.533. The zero-order valence-corrected chi connectivity index (χ0v) is 12.0. The molecule has 1 fully saturated rings. The monoisotopic (exact) mass is 280 g/mol. The van der Waals surface area contributed by atoms with Crippen molar-refractivity contribution in [1.82, 2.24) is 10.6 Å². The smallest absolute Gasteiger partial charge is 0.237 e. The van der Waals surface area contributed by atoms with Gasteiger partial charge in [0.15, 0.2) is 0 Å². The summed E-state index contributed by atoms with van der Waals surface area (Å²) in [6.45, 7) is 2.91. The molecule has 2 N–H and O–H groups in total. The van der Waals surface area contributed by atoms with Gasteiger partial charge in [-0.15, -0.1) is 0 Å². The number of halogens is 1. The number of carbonyl (C=O) groups excluding carboxylic acids is 1. The molecule has 2 unspecified atom stereocenters. The minimum Gasteiger partial charge on any atom is -0.355 e. The standard InChI is InChI=1S/C15H21ClN2O/c1-2-13(11-6-5-7-12(16)10-11)18-14-8-3-4-9-17-15(14)19/h5-7,10,13-14,18H,2-4,8-9H2,1H3,(H,17,19). The maximum atomic E-state index is 12.0. The number of rotatable bonds is 4. The van der Waals surface area contributed by atoms with Crippen LogP contribution in [0.4, 0.5) is 0 Å². The second-order valence-corrected chi connectivity index (χ2v) is 5.46. The topological polar surface area (TPSA) is 41.1 Å². The average molecular weight is 281 g/mol. The third-order valence-electron chi connectivity index (χ3n) is 3.60. The van der Waals surface area contributed by atoms with E-state index < -0.39 is 0 Å². The molecule has 1 aliphatic heterocycles. The van der Waals surface area contributed by atoms with E-state index in [0.29, 0.717) is 0 Å². The third kappa shape index (κ3) is 3.95. The molecule has 0 aromatic heterocycles. The summed E-state index contributed by atoms with van der Waals surface area (Å²) in [5.74, 6) is 0.123. The van der Waals surface area contributed by atoms with Crippen LogP contribution in [-0.4, -0.2) is 18.5 Å². The van der Waals surface area contributed by atoms with Crippen molar-refractivity contribution in [3.8, 4) is 0 Å². The molecule has 104 valence electrons. The molecule has 2 atom stereocenters. The lowest BCUT2D eigenvalue weighted by atomic mass is 10.0. The molecule has 1 heterocycles. The van der Waals surface area contributed by atoms with Crippen LogP contribution < -0.4 is 10.6 Å². The van der Waals surface area contributed by atoms with Gasteiger partial charge in [0.25, 0.3) is 0 Å². The van der Waals surface area contributed by atoms with Gasteiger partial charge in [-0.1, -0.05) is 30.7 Å². The summed E-state index contributed by atoms with van der Waals surface area (Å²) in [7, 11) is 0. The van der Waals surface area contributed by atoms with Crippen molar-refractivity contribution in [2.24, 2.45) is 0 Å². The molecule has 0 spiro atoms. The highest BCUT2D eigenvalue weighted by atomic mass is 35.5. The Morgan fingerprint density at radius 1 is 1.47 bits per heavy atom. The maximum absolute atomic E-state index is 12.0. The molecule has 4 heteroatoms. The zero-order valence-electron chi connectivity index (χ0n) is 11.3. The van der Waals surface area contributed by atoms with E-state index in [9.17, 15) is 4.79 Å². The van der Waals surface area contributed by atoms with E-state index in [0.717, 1.165) is 42.8 Å². The van der Waals surface area contributed by atoms with Crippen LogP contribution in [0.1, 0.15) is 44.2 Å². The summed E-state index contributed by atoms with van der Waals surface area (Å²) >= 11 is 6.04. The Kier molecular flexibility index (Phi) is 5.23. The minimum atomic E-state index is -0.0913. The molecule has 1 amide bonds. The summed E-state index contributed by atoms with van der Waals surface area (Å²) in [6.07, 6.45) is 3.99. The summed E-state index contributed by atoms with van der Waals surface area (Å²) in [5, 5.41) is 7.17. The van der Waals surface area contributed by atoms with Crippen LogP contribution in [0.15, 0.2) is 24.3 Å². The number of benzene rings is 1. The van der Waals surface area contributed by atoms with Crippen LogP contribution in [-0.2, 0) is 4.79 Å². The first-order valence-electron chi connectivity index (χ1n) is 7.00. The SMILES string of the molecule is CCC(NC1CCCCNC1=O)c1cccc(Cl)c1. The zero-order chi connectivity index (χ0) is 13.7. The molecule has 0 bridgehead atoms. The summed E-state index contributed by atoms with van der Waals surface area (Å²) in [6, 6.07) is 7.93. The van der Waals surface area contributed by atoms with Gasteiger partial charge in [-0.05, 0) is 43.4 Å². The van der Waals surface area contributed by atoms with Crippen molar-refractivity contribution in [2.75, 3.05) is 6.54 Å². The van der Waals surface area contributed by atoms with Crippen LogP contribution >= 0.6 is 11.6 Å². The Morgan fingerprint density at radius 2 is 2.32 bits per heavy atom. The van der Waals surface area contributed by atoms with Crippen molar-refractivity contribution in [1.29, 1.82) is 0 Å². The Bertz CT molecular complexity index is 436. The second kappa shape index (κ2) is 6.92. The largest absolute Gasteiger partial charge is 0.355 e. The summed E-state index contributed by atoms with van der Waals surface area (Å²) in [4.78, 5) is 12.0. The summed E-state index contributed by atoms with van der Waals surface area (Å²) in [5.41, 5.74) is 1.15. The van der Waals surface area contributed by atoms with E-state index in [1.165, 1.54) is 0 Å². The van der Waals surface area contributed by atoms with Crippen molar-refractivity contribution in [3.63, 3.8) is 0 Å². The van der Waals surface area contributed by atoms with Crippen LogP contribution in [0.5, 0.6) is 0 Å². The highest BCUT2D eigenvalue weighted by molar-refractivity contribution is 6.30. The molecule has 3 nitrogen and oxygen atoms in total. The molecule has 1 saturated heterocycles. The van der Waals surface area contributed by atoms with E-state index in [2.05, 4.69) is 23.6 Å². The fourth-order valence-corrected chi connectivity index (χ4v) is 2.71. The first-order chi connectivity index (χ1) is 9.20. The van der Waals surface area contributed by atoms with Gasteiger partial charge in [0.1, 0.15) is 0 Å². The Labute approximate surface area is 119 Å². The molecule has 1 aliphatic rings. The molecular formula is C15H21ClN2O. The van der Waals surface area contributed by atoms with Crippen molar-refractivity contribution < 1.29 is 4.79 Å². The number of nitrogens with one attached hydrogen (secondary N) is 2. The normalized spacial score (nSPS) is 21.6. The van der Waals surface area contributed by atoms with Crippen LogP contribution in [0.25, 0.3) is 0 Å². The lowest BCUT2D eigenvalue weighted by Crippen LogP contribution is -2.44. The van der Waals surface area contributed by atoms with Gasteiger partial charge in [0, 0.05) is 17.6 Å². The number of hydrogen-bond acceptors (Lipinski definition) is 2. The molecular weight excluding hydrogens is 260 g/mol. The number of hydrogen-bond donors (Lipinski definition) is 2. The van der Waals surface area contributed by atoms with Gasteiger partial charge in [-0.2, -0.15) is 0 Å². The van der Waals surface area contributed by atoms with Crippen LogP contribution in [0.3, 0.4) is 0 Å². The first kappa shape index (κ1) is 14.4. The minimum absolute atomic E-state index is 0.0913. The molecule has 1 aromatic rings. The lowest BCUT2D eigenvalue weighted by Gasteiger charge is -2.23. The van der Waals surface area contributed by atoms with E-state index in [1.807, 2.05) is 18.2 Å². The van der Waals surface area contributed by atoms with Gasteiger partial charge >= 0.3 is 0 Å². The highest BCUT2D eigenvalue weighted by Crippen LogP contribution is 2.22. The predicted molar refractivity (Wildman–Crippen MR) is 78.3 cm³/mol. The number of amides is 1. The number of carbonyl (C=O) groups is 1. The predicted octanol–water partition coefficient (Wildman–Crippen LogP) is 3.05. The van der Waals surface area contributed by atoms with E-state index in [-0.39, 0.29) is 18.0 Å². The van der Waals surface area contributed by atoms with Gasteiger partial charge < -0.3 is 5.32 Å². The van der Waals surface area contributed by atoms with Gasteiger partial charge in [0.2, 0.25) is 5.91 Å². The van der Waals surface area contributed by atoms with E-state index in [1.54, 1.807) is 0 Å². The van der Waals surface area contributed by atoms with Crippen molar-refractivity contribution in [3.05, 3.63) is 34.9 Å².